The lowest BCUT2D eigenvalue weighted by Gasteiger charge is -2.16. The van der Waals surface area contributed by atoms with Gasteiger partial charge in [0, 0.05) is 12.6 Å². The van der Waals surface area contributed by atoms with Crippen molar-refractivity contribution in [3.8, 4) is 0 Å². The number of benzene rings is 1. The molecule has 15 heavy (non-hydrogen) atoms. The highest BCUT2D eigenvalue weighted by Gasteiger charge is 2.07. The van der Waals surface area contributed by atoms with E-state index in [0.717, 1.165) is 6.42 Å². The molecule has 82 valence electrons. The Labute approximate surface area is 90.1 Å². The van der Waals surface area contributed by atoms with Gasteiger partial charge in [0.25, 0.3) is 0 Å². The topological polar surface area (TPSA) is 49.3 Å². The van der Waals surface area contributed by atoms with E-state index in [1.54, 1.807) is 0 Å². The summed E-state index contributed by atoms with van der Waals surface area (Å²) in [5, 5.41) is 11.8. The van der Waals surface area contributed by atoms with E-state index < -0.39 is 5.97 Å². The molecule has 1 aromatic carbocycles. The Bertz CT molecular complexity index is 298. The van der Waals surface area contributed by atoms with E-state index in [4.69, 9.17) is 5.11 Å². The second kappa shape index (κ2) is 6.19. The first kappa shape index (κ1) is 11.7. The third-order valence-corrected chi connectivity index (χ3v) is 2.34. The molecule has 0 saturated heterocycles. The standard InChI is InChI=1S/C12H17NO2/c1-2-11(13-9-8-12(14)15)10-6-4-3-5-7-10/h3-7,11,13H,2,8-9H2,1H3,(H,14,15). The number of carboxylic acid groups (broad SMARTS) is 1. The van der Waals surface area contributed by atoms with Crippen LogP contribution in [-0.4, -0.2) is 17.6 Å². The lowest BCUT2D eigenvalue weighted by Crippen LogP contribution is -2.23. The van der Waals surface area contributed by atoms with Gasteiger partial charge in [0.2, 0.25) is 0 Å². The van der Waals surface area contributed by atoms with Gasteiger partial charge in [-0.1, -0.05) is 37.3 Å². The van der Waals surface area contributed by atoms with Crippen molar-refractivity contribution in [2.75, 3.05) is 6.54 Å². The molecule has 0 aromatic heterocycles. The van der Waals surface area contributed by atoms with Gasteiger partial charge in [0.05, 0.1) is 6.42 Å². The van der Waals surface area contributed by atoms with Crippen LogP contribution in [0.2, 0.25) is 0 Å². The third kappa shape index (κ3) is 4.13. The molecule has 1 unspecified atom stereocenters. The number of aliphatic carboxylic acids is 1. The number of carboxylic acids is 1. The monoisotopic (exact) mass is 207 g/mol. The Morgan fingerprint density at radius 2 is 2.07 bits per heavy atom. The summed E-state index contributed by atoms with van der Waals surface area (Å²) >= 11 is 0. The minimum absolute atomic E-state index is 0.170. The maximum Gasteiger partial charge on any atom is 0.304 e. The molecule has 0 aliphatic heterocycles. The van der Waals surface area contributed by atoms with Crippen LogP contribution >= 0.6 is 0 Å². The zero-order valence-electron chi connectivity index (χ0n) is 8.94. The van der Waals surface area contributed by atoms with E-state index in [0.29, 0.717) is 6.54 Å². The molecule has 0 spiro atoms. The van der Waals surface area contributed by atoms with Gasteiger partial charge in [-0.2, -0.15) is 0 Å². The van der Waals surface area contributed by atoms with Gasteiger partial charge in [0.1, 0.15) is 0 Å². The average Bonchev–Trinajstić information content (AvgIpc) is 2.25. The molecule has 2 N–H and O–H groups in total. The van der Waals surface area contributed by atoms with Crippen LogP contribution in [0.25, 0.3) is 0 Å². The largest absolute Gasteiger partial charge is 0.481 e. The lowest BCUT2D eigenvalue weighted by atomic mass is 10.0. The van der Waals surface area contributed by atoms with E-state index in [-0.39, 0.29) is 12.5 Å². The van der Waals surface area contributed by atoms with Crippen LogP contribution in [0.1, 0.15) is 31.4 Å². The van der Waals surface area contributed by atoms with Gasteiger partial charge < -0.3 is 10.4 Å². The van der Waals surface area contributed by atoms with Gasteiger partial charge in [-0.15, -0.1) is 0 Å². The second-order valence-electron chi connectivity index (χ2n) is 3.47. The quantitative estimate of drug-likeness (QED) is 0.751. The van der Waals surface area contributed by atoms with Crippen molar-refractivity contribution in [1.82, 2.24) is 5.32 Å². The van der Waals surface area contributed by atoms with Gasteiger partial charge in [-0.3, -0.25) is 4.79 Å². The van der Waals surface area contributed by atoms with Crippen molar-refractivity contribution < 1.29 is 9.90 Å². The fourth-order valence-electron chi connectivity index (χ4n) is 1.54. The van der Waals surface area contributed by atoms with Crippen LogP contribution in [0.3, 0.4) is 0 Å². The molecule has 1 aromatic rings. The molecule has 1 rings (SSSR count). The molecule has 0 bridgehead atoms. The summed E-state index contributed by atoms with van der Waals surface area (Å²) in [6.45, 7) is 2.61. The fourth-order valence-corrected chi connectivity index (χ4v) is 1.54. The molecule has 0 aliphatic rings. The van der Waals surface area contributed by atoms with Gasteiger partial charge in [0.15, 0.2) is 0 Å². The lowest BCUT2D eigenvalue weighted by molar-refractivity contribution is -0.136. The molecule has 0 radical (unpaired) electrons. The second-order valence-corrected chi connectivity index (χ2v) is 3.47. The number of rotatable bonds is 6. The van der Waals surface area contributed by atoms with Crippen LogP contribution in [0, 0.1) is 0 Å². The van der Waals surface area contributed by atoms with E-state index in [9.17, 15) is 4.79 Å². The minimum atomic E-state index is -0.759. The van der Waals surface area contributed by atoms with Crippen LogP contribution in [0.4, 0.5) is 0 Å². The van der Waals surface area contributed by atoms with E-state index >= 15 is 0 Å². The molecule has 0 aliphatic carbocycles. The first-order valence-corrected chi connectivity index (χ1v) is 5.24. The number of nitrogens with one attached hydrogen (secondary N) is 1. The van der Waals surface area contributed by atoms with Gasteiger partial charge >= 0.3 is 5.97 Å². The van der Waals surface area contributed by atoms with Crippen molar-refractivity contribution >= 4 is 5.97 Å². The van der Waals surface area contributed by atoms with Gasteiger partial charge in [-0.25, -0.2) is 0 Å². The molecule has 3 nitrogen and oxygen atoms in total. The third-order valence-electron chi connectivity index (χ3n) is 2.34. The van der Waals surface area contributed by atoms with Crippen molar-refractivity contribution in [1.29, 1.82) is 0 Å². The van der Waals surface area contributed by atoms with E-state index in [1.807, 2.05) is 18.2 Å². The number of hydrogen-bond acceptors (Lipinski definition) is 2. The van der Waals surface area contributed by atoms with Crippen LogP contribution in [0.15, 0.2) is 30.3 Å². The maximum absolute atomic E-state index is 10.4. The molecular formula is C12H17NO2. The highest BCUT2D eigenvalue weighted by atomic mass is 16.4. The van der Waals surface area contributed by atoms with Gasteiger partial charge in [-0.05, 0) is 12.0 Å². The minimum Gasteiger partial charge on any atom is -0.481 e. The Balaban J connectivity index is 2.46. The molecule has 0 saturated carbocycles. The Morgan fingerprint density at radius 3 is 2.60 bits per heavy atom. The zero-order chi connectivity index (χ0) is 11.1. The molecule has 1 atom stereocenters. The summed E-state index contributed by atoms with van der Waals surface area (Å²) in [7, 11) is 0. The van der Waals surface area contributed by atoms with E-state index in [2.05, 4.69) is 24.4 Å². The smallest absolute Gasteiger partial charge is 0.304 e. The summed E-state index contributed by atoms with van der Waals surface area (Å²) in [4.78, 5) is 10.4. The predicted octanol–water partition coefficient (Wildman–Crippen LogP) is 2.20. The molecule has 3 heteroatoms. The summed E-state index contributed by atoms with van der Waals surface area (Å²) < 4.78 is 0. The number of carbonyl (C=O) groups is 1. The Hall–Kier alpha value is -1.35. The van der Waals surface area contributed by atoms with E-state index in [1.165, 1.54) is 5.56 Å². The number of hydrogen-bond donors (Lipinski definition) is 2. The summed E-state index contributed by atoms with van der Waals surface area (Å²) in [5.74, 6) is -0.759. The Kier molecular flexibility index (Phi) is 4.84. The van der Waals surface area contributed by atoms with Crippen molar-refractivity contribution in [2.45, 2.75) is 25.8 Å². The predicted molar refractivity (Wildman–Crippen MR) is 59.7 cm³/mol. The first-order valence-electron chi connectivity index (χ1n) is 5.24. The molecular weight excluding hydrogens is 190 g/mol. The summed E-state index contributed by atoms with van der Waals surface area (Å²) in [6, 6.07) is 10.3. The van der Waals surface area contributed by atoms with Crippen molar-refractivity contribution in [3.05, 3.63) is 35.9 Å². The average molecular weight is 207 g/mol. The maximum atomic E-state index is 10.4. The molecule has 0 fully saturated rings. The highest BCUT2D eigenvalue weighted by molar-refractivity contribution is 5.66. The summed E-state index contributed by atoms with van der Waals surface area (Å²) in [5.41, 5.74) is 1.21. The molecule has 0 amide bonds. The van der Waals surface area contributed by atoms with Crippen LogP contribution in [-0.2, 0) is 4.79 Å². The van der Waals surface area contributed by atoms with Crippen molar-refractivity contribution in [2.24, 2.45) is 0 Å². The zero-order valence-corrected chi connectivity index (χ0v) is 8.94. The SMILES string of the molecule is CCC(NCCC(=O)O)c1ccccc1. The highest BCUT2D eigenvalue weighted by Crippen LogP contribution is 2.15. The fraction of sp³-hybridized carbons (Fsp3) is 0.417. The van der Waals surface area contributed by atoms with Crippen LogP contribution in [0.5, 0.6) is 0 Å². The van der Waals surface area contributed by atoms with Crippen molar-refractivity contribution in [3.63, 3.8) is 0 Å². The summed E-state index contributed by atoms with van der Waals surface area (Å²) in [6.07, 6.45) is 1.13. The first-order chi connectivity index (χ1) is 7.24. The normalized spacial score (nSPS) is 12.3. The van der Waals surface area contributed by atoms with Crippen LogP contribution < -0.4 is 5.32 Å². The molecule has 0 heterocycles. The Morgan fingerprint density at radius 1 is 1.40 bits per heavy atom.